The molecule has 0 radical (unpaired) electrons. The Hall–Kier alpha value is -1.66. The number of hydrogen-bond acceptors (Lipinski definition) is 3. The van der Waals surface area contributed by atoms with Crippen molar-refractivity contribution >= 4 is 34.9 Å². The Kier molecular flexibility index (Phi) is 4.57. The third kappa shape index (κ3) is 3.46. The molecule has 1 aromatic rings. The first-order valence-electron chi connectivity index (χ1n) is 5.83. The van der Waals surface area contributed by atoms with Crippen molar-refractivity contribution in [3.63, 3.8) is 0 Å². The lowest BCUT2D eigenvalue weighted by Gasteiger charge is -2.20. The fourth-order valence-corrected chi connectivity index (χ4v) is 2.13. The summed E-state index contributed by atoms with van der Waals surface area (Å²) < 4.78 is 18.1. The van der Waals surface area contributed by atoms with Gasteiger partial charge in [-0.25, -0.2) is 9.18 Å². The minimum atomic E-state index is -0.467. The van der Waals surface area contributed by atoms with E-state index in [2.05, 4.69) is 10.6 Å². The summed E-state index contributed by atoms with van der Waals surface area (Å²) in [5, 5.41) is 6.40. The normalized spacial score (nSPS) is 14.7. The van der Waals surface area contributed by atoms with Gasteiger partial charge in [-0.15, -0.1) is 0 Å². The van der Waals surface area contributed by atoms with Crippen molar-refractivity contribution in [1.82, 2.24) is 10.6 Å². The van der Waals surface area contributed by atoms with E-state index in [-0.39, 0.29) is 11.6 Å². The molecule has 1 aliphatic heterocycles. The van der Waals surface area contributed by atoms with Crippen LogP contribution in [0.25, 0.3) is 0 Å². The fourth-order valence-electron chi connectivity index (χ4n) is 1.69. The first kappa shape index (κ1) is 14.7. The molecule has 2 rings (SSSR count). The molecule has 0 unspecified atom stereocenters. The number of halogens is 2. The van der Waals surface area contributed by atoms with Crippen molar-refractivity contribution in [3.8, 4) is 0 Å². The number of carbonyl (C=O) groups is 1. The van der Waals surface area contributed by atoms with Crippen LogP contribution in [0.4, 0.5) is 4.39 Å². The molecule has 0 spiro atoms. The highest BCUT2D eigenvalue weighted by Gasteiger charge is 2.19. The van der Waals surface area contributed by atoms with Gasteiger partial charge < -0.3 is 15.4 Å². The molecule has 0 fully saturated rings. The zero-order chi connectivity index (χ0) is 14.7. The number of nitrogens with one attached hydrogen (secondary N) is 2. The quantitative estimate of drug-likeness (QED) is 0.662. The molecule has 1 heterocycles. The molecule has 0 amide bonds. The lowest BCUT2D eigenvalue weighted by molar-refractivity contribution is -0.140. The lowest BCUT2D eigenvalue weighted by Crippen LogP contribution is -2.42. The maximum absolute atomic E-state index is 12.9. The van der Waals surface area contributed by atoms with Crippen LogP contribution in [0.15, 0.2) is 29.5 Å². The summed E-state index contributed by atoms with van der Waals surface area (Å²) in [6, 6.07) is 3.93. The Balaban J connectivity index is 2.02. The summed E-state index contributed by atoms with van der Waals surface area (Å²) in [6.45, 7) is 2.04. The number of benzene rings is 1. The van der Waals surface area contributed by atoms with Gasteiger partial charge in [-0.1, -0.05) is 17.7 Å². The summed E-state index contributed by atoms with van der Waals surface area (Å²) in [6.07, 6.45) is 0. The third-order valence-corrected chi connectivity index (χ3v) is 3.40. The van der Waals surface area contributed by atoms with E-state index in [0.29, 0.717) is 28.5 Å². The van der Waals surface area contributed by atoms with Crippen LogP contribution in [0.2, 0.25) is 5.02 Å². The Bertz CT molecular complexity index is 604. The molecule has 0 bridgehead atoms. The van der Waals surface area contributed by atoms with E-state index in [4.69, 9.17) is 28.6 Å². The van der Waals surface area contributed by atoms with Gasteiger partial charge in [0.15, 0.2) is 5.11 Å². The zero-order valence-corrected chi connectivity index (χ0v) is 12.2. The molecular formula is C13H12ClFN2O2S. The second kappa shape index (κ2) is 6.19. The molecule has 2 N–H and O–H groups in total. The van der Waals surface area contributed by atoms with Crippen molar-refractivity contribution in [2.45, 2.75) is 13.5 Å². The molecule has 0 saturated carbocycles. The number of thiocarbonyl (C=S) groups is 1. The van der Waals surface area contributed by atoms with Crippen molar-refractivity contribution in [3.05, 3.63) is 45.9 Å². The average Bonchev–Trinajstić information content (AvgIpc) is 2.37. The van der Waals surface area contributed by atoms with Gasteiger partial charge in [-0.3, -0.25) is 0 Å². The largest absolute Gasteiger partial charge is 0.457 e. The van der Waals surface area contributed by atoms with Gasteiger partial charge in [0.25, 0.3) is 0 Å². The topological polar surface area (TPSA) is 50.4 Å². The van der Waals surface area contributed by atoms with E-state index in [0.717, 1.165) is 0 Å². The molecule has 1 aromatic carbocycles. The Labute approximate surface area is 125 Å². The smallest absolute Gasteiger partial charge is 0.337 e. The average molecular weight is 315 g/mol. The molecule has 4 nitrogen and oxygen atoms in total. The Morgan fingerprint density at radius 3 is 2.95 bits per heavy atom. The van der Waals surface area contributed by atoms with Gasteiger partial charge >= 0.3 is 5.97 Å². The van der Waals surface area contributed by atoms with Crippen LogP contribution in [0, 0.1) is 5.82 Å². The highest BCUT2D eigenvalue weighted by Crippen LogP contribution is 2.19. The van der Waals surface area contributed by atoms with Crippen LogP contribution >= 0.6 is 23.8 Å². The molecule has 0 aliphatic carbocycles. The molecular weight excluding hydrogens is 303 g/mol. The predicted octanol–water partition coefficient (Wildman–Crippen LogP) is 2.27. The number of esters is 1. The van der Waals surface area contributed by atoms with E-state index in [1.807, 2.05) is 0 Å². The second-order valence-electron chi connectivity index (χ2n) is 4.22. The van der Waals surface area contributed by atoms with Gasteiger partial charge in [0, 0.05) is 11.3 Å². The molecule has 20 heavy (non-hydrogen) atoms. The summed E-state index contributed by atoms with van der Waals surface area (Å²) in [5.41, 5.74) is 1.67. The number of rotatable bonds is 3. The Morgan fingerprint density at radius 1 is 1.55 bits per heavy atom. The SMILES string of the molecule is CC1=C(C(=O)OCc2ccc(F)cc2Cl)CNC(=S)N1. The van der Waals surface area contributed by atoms with E-state index < -0.39 is 11.8 Å². The van der Waals surface area contributed by atoms with Gasteiger partial charge in [0.1, 0.15) is 12.4 Å². The second-order valence-corrected chi connectivity index (χ2v) is 5.04. The van der Waals surface area contributed by atoms with Crippen LogP contribution < -0.4 is 10.6 Å². The molecule has 0 saturated heterocycles. The number of allylic oxidation sites excluding steroid dienone is 1. The number of carbonyl (C=O) groups excluding carboxylic acids is 1. The van der Waals surface area contributed by atoms with Crippen LogP contribution in [-0.4, -0.2) is 17.6 Å². The zero-order valence-electron chi connectivity index (χ0n) is 10.6. The minimum absolute atomic E-state index is 0.0147. The van der Waals surface area contributed by atoms with Crippen molar-refractivity contribution in [2.75, 3.05) is 6.54 Å². The van der Waals surface area contributed by atoms with Gasteiger partial charge in [-0.05, 0) is 31.3 Å². The molecule has 1 aliphatic rings. The molecule has 0 aromatic heterocycles. The molecule has 7 heteroatoms. The first-order chi connectivity index (χ1) is 9.47. The lowest BCUT2D eigenvalue weighted by atomic mass is 10.2. The third-order valence-electron chi connectivity index (χ3n) is 2.80. The predicted molar refractivity (Wildman–Crippen MR) is 77.6 cm³/mol. The number of ether oxygens (including phenoxy) is 1. The maximum atomic E-state index is 12.9. The Morgan fingerprint density at radius 2 is 2.30 bits per heavy atom. The van der Waals surface area contributed by atoms with Crippen LogP contribution in [0.3, 0.4) is 0 Å². The molecule has 0 atom stereocenters. The summed E-state index contributed by atoms with van der Waals surface area (Å²) >= 11 is 10.8. The van der Waals surface area contributed by atoms with E-state index in [1.165, 1.54) is 18.2 Å². The van der Waals surface area contributed by atoms with Gasteiger partial charge in [0.2, 0.25) is 0 Å². The summed E-state index contributed by atoms with van der Waals surface area (Å²) in [5.74, 6) is -0.900. The van der Waals surface area contributed by atoms with Gasteiger partial charge in [-0.2, -0.15) is 0 Å². The van der Waals surface area contributed by atoms with E-state index in [1.54, 1.807) is 6.92 Å². The summed E-state index contributed by atoms with van der Waals surface area (Å²) in [7, 11) is 0. The molecule has 106 valence electrons. The van der Waals surface area contributed by atoms with E-state index in [9.17, 15) is 9.18 Å². The minimum Gasteiger partial charge on any atom is -0.457 e. The van der Waals surface area contributed by atoms with Crippen molar-refractivity contribution < 1.29 is 13.9 Å². The standard InChI is InChI=1S/C13H12ClFN2O2S/c1-7-10(5-16-13(20)17-7)12(18)19-6-8-2-3-9(15)4-11(8)14/h2-4H,5-6H2,1H3,(H2,16,17,20). The number of hydrogen-bond donors (Lipinski definition) is 2. The van der Waals surface area contributed by atoms with E-state index >= 15 is 0 Å². The first-order valence-corrected chi connectivity index (χ1v) is 6.61. The van der Waals surface area contributed by atoms with Crippen LogP contribution in [0.5, 0.6) is 0 Å². The van der Waals surface area contributed by atoms with Gasteiger partial charge in [0.05, 0.1) is 17.1 Å². The van der Waals surface area contributed by atoms with Crippen molar-refractivity contribution in [2.24, 2.45) is 0 Å². The summed E-state index contributed by atoms with van der Waals surface area (Å²) in [4.78, 5) is 11.9. The monoisotopic (exact) mass is 314 g/mol. The maximum Gasteiger partial charge on any atom is 0.337 e. The van der Waals surface area contributed by atoms with Crippen LogP contribution in [-0.2, 0) is 16.1 Å². The highest BCUT2D eigenvalue weighted by molar-refractivity contribution is 7.80. The highest BCUT2D eigenvalue weighted by atomic mass is 35.5. The fraction of sp³-hybridized carbons (Fsp3) is 0.231. The van der Waals surface area contributed by atoms with Crippen LogP contribution in [0.1, 0.15) is 12.5 Å². The van der Waals surface area contributed by atoms with Crippen molar-refractivity contribution in [1.29, 1.82) is 0 Å².